The Bertz CT molecular complexity index is 381. The molecule has 5 nitrogen and oxygen atoms in total. The normalized spacial score (nSPS) is 10.4. The number of hydrogen-bond donors (Lipinski definition) is 2. The van der Waals surface area contributed by atoms with Crippen molar-refractivity contribution >= 4 is 11.7 Å². The van der Waals surface area contributed by atoms with Gasteiger partial charge in [0, 0.05) is 31.9 Å². The maximum Gasteiger partial charge on any atom is 0.234 e. The molecule has 2 N–H and O–H groups in total. The molecule has 5 heteroatoms. The van der Waals surface area contributed by atoms with Crippen LogP contribution in [0.25, 0.3) is 0 Å². The van der Waals surface area contributed by atoms with Crippen molar-refractivity contribution in [3.63, 3.8) is 0 Å². The van der Waals surface area contributed by atoms with E-state index in [9.17, 15) is 4.79 Å². The lowest BCUT2D eigenvalue weighted by atomic mass is 10.2. The summed E-state index contributed by atoms with van der Waals surface area (Å²) in [7, 11) is 3.78. The highest BCUT2D eigenvalue weighted by atomic mass is 16.2. The van der Waals surface area contributed by atoms with Crippen LogP contribution in [0.1, 0.15) is 18.9 Å². The lowest BCUT2D eigenvalue weighted by molar-refractivity contribution is -0.122. The Hall–Kier alpha value is -1.62. The number of pyridine rings is 1. The molecule has 0 unspecified atom stereocenters. The smallest absolute Gasteiger partial charge is 0.234 e. The van der Waals surface area contributed by atoms with Crippen molar-refractivity contribution in [1.82, 2.24) is 15.2 Å². The van der Waals surface area contributed by atoms with E-state index in [4.69, 9.17) is 0 Å². The minimum atomic E-state index is 0.0641. The molecular formula is C13H22N4O. The standard InChI is InChI=1S/C13H22N4O/c1-4-7-15-12(18)10-17(3)9-11-6-5-8-16-13(11)14-2/h5-6,8H,4,7,9-10H2,1-3H3,(H,14,16)(H,15,18). The van der Waals surface area contributed by atoms with Gasteiger partial charge < -0.3 is 10.6 Å². The molecule has 100 valence electrons. The summed E-state index contributed by atoms with van der Waals surface area (Å²) in [6, 6.07) is 3.92. The topological polar surface area (TPSA) is 57.3 Å². The highest BCUT2D eigenvalue weighted by Crippen LogP contribution is 2.12. The number of nitrogens with one attached hydrogen (secondary N) is 2. The Morgan fingerprint density at radius 1 is 1.50 bits per heavy atom. The van der Waals surface area contributed by atoms with Crippen LogP contribution < -0.4 is 10.6 Å². The molecule has 1 amide bonds. The first-order valence-corrected chi connectivity index (χ1v) is 6.24. The van der Waals surface area contributed by atoms with E-state index in [0.717, 1.165) is 24.3 Å². The van der Waals surface area contributed by atoms with Crippen molar-refractivity contribution in [2.75, 3.05) is 32.5 Å². The predicted octanol–water partition coefficient (Wildman–Crippen LogP) is 1.08. The summed E-state index contributed by atoms with van der Waals surface area (Å²) in [5.41, 5.74) is 1.09. The van der Waals surface area contributed by atoms with E-state index in [0.29, 0.717) is 13.1 Å². The summed E-state index contributed by atoms with van der Waals surface area (Å²) in [6.45, 7) is 3.88. The molecule has 0 saturated carbocycles. The summed E-state index contributed by atoms with van der Waals surface area (Å²) in [4.78, 5) is 17.8. The summed E-state index contributed by atoms with van der Waals surface area (Å²) in [6.07, 6.45) is 2.71. The van der Waals surface area contributed by atoms with Gasteiger partial charge in [-0.15, -0.1) is 0 Å². The van der Waals surface area contributed by atoms with Crippen LogP contribution in [0.15, 0.2) is 18.3 Å². The van der Waals surface area contributed by atoms with Crippen LogP contribution in [0.3, 0.4) is 0 Å². The number of nitrogens with zero attached hydrogens (tertiary/aromatic N) is 2. The van der Waals surface area contributed by atoms with E-state index in [1.807, 2.05) is 38.1 Å². The third kappa shape index (κ3) is 4.71. The van der Waals surface area contributed by atoms with E-state index >= 15 is 0 Å². The Balaban J connectivity index is 2.48. The summed E-state index contributed by atoms with van der Waals surface area (Å²) in [5.74, 6) is 0.924. The van der Waals surface area contributed by atoms with Gasteiger partial charge in [-0.05, 0) is 19.5 Å². The van der Waals surface area contributed by atoms with E-state index in [-0.39, 0.29) is 5.91 Å². The maximum atomic E-state index is 11.6. The van der Waals surface area contributed by atoms with Gasteiger partial charge in [0.2, 0.25) is 5.91 Å². The summed E-state index contributed by atoms with van der Waals surface area (Å²) >= 11 is 0. The third-order valence-electron chi connectivity index (χ3n) is 2.55. The van der Waals surface area contributed by atoms with E-state index < -0.39 is 0 Å². The first kappa shape index (κ1) is 14.4. The number of aromatic nitrogens is 1. The molecular weight excluding hydrogens is 228 g/mol. The van der Waals surface area contributed by atoms with E-state index in [1.54, 1.807) is 6.20 Å². The number of amides is 1. The van der Waals surface area contributed by atoms with Crippen LogP contribution in [-0.2, 0) is 11.3 Å². The second-order valence-corrected chi connectivity index (χ2v) is 4.28. The molecule has 0 saturated heterocycles. The Labute approximate surface area is 109 Å². The monoisotopic (exact) mass is 250 g/mol. The van der Waals surface area contributed by atoms with Crippen molar-refractivity contribution < 1.29 is 4.79 Å². The van der Waals surface area contributed by atoms with Crippen LogP contribution in [0.5, 0.6) is 0 Å². The molecule has 1 heterocycles. The average Bonchev–Trinajstić information content (AvgIpc) is 2.36. The quantitative estimate of drug-likeness (QED) is 0.760. The number of carbonyl (C=O) groups excluding carboxylic acids is 1. The van der Waals surface area contributed by atoms with Crippen molar-refractivity contribution in [3.8, 4) is 0 Å². The predicted molar refractivity (Wildman–Crippen MR) is 73.4 cm³/mol. The Morgan fingerprint density at radius 2 is 2.28 bits per heavy atom. The fraction of sp³-hybridized carbons (Fsp3) is 0.538. The molecule has 18 heavy (non-hydrogen) atoms. The average molecular weight is 250 g/mol. The van der Waals surface area contributed by atoms with Crippen LogP contribution in [0.4, 0.5) is 5.82 Å². The van der Waals surface area contributed by atoms with Gasteiger partial charge in [0.05, 0.1) is 6.54 Å². The van der Waals surface area contributed by atoms with Gasteiger partial charge in [-0.25, -0.2) is 4.98 Å². The SMILES string of the molecule is CCCNC(=O)CN(C)Cc1cccnc1NC. The van der Waals surface area contributed by atoms with Crippen LogP contribution in [-0.4, -0.2) is 43.0 Å². The highest BCUT2D eigenvalue weighted by Gasteiger charge is 2.08. The van der Waals surface area contributed by atoms with Gasteiger partial charge in [0.15, 0.2) is 0 Å². The molecule has 0 aromatic carbocycles. The van der Waals surface area contributed by atoms with Crippen LogP contribution in [0.2, 0.25) is 0 Å². The zero-order chi connectivity index (χ0) is 13.4. The molecule has 0 aliphatic heterocycles. The fourth-order valence-corrected chi connectivity index (χ4v) is 1.70. The third-order valence-corrected chi connectivity index (χ3v) is 2.55. The molecule has 0 aliphatic rings. The molecule has 1 aromatic rings. The largest absolute Gasteiger partial charge is 0.373 e. The van der Waals surface area contributed by atoms with Gasteiger partial charge in [-0.2, -0.15) is 0 Å². The lowest BCUT2D eigenvalue weighted by Gasteiger charge is -2.17. The van der Waals surface area contributed by atoms with Crippen molar-refractivity contribution in [2.24, 2.45) is 0 Å². The molecule has 1 aromatic heterocycles. The van der Waals surface area contributed by atoms with Crippen molar-refractivity contribution in [3.05, 3.63) is 23.9 Å². The minimum absolute atomic E-state index is 0.0641. The van der Waals surface area contributed by atoms with Crippen LogP contribution in [0, 0.1) is 0 Å². The number of carbonyl (C=O) groups is 1. The summed E-state index contributed by atoms with van der Waals surface area (Å²) in [5, 5.41) is 5.92. The number of rotatable bonds is 7. The summed E-state index contributed by atoms with van der Waals surface area (Å²) < 4.78 is 0. The first-order chi connectivity index (χ1) is 8.67. The maximum absolute atomic E-state index is 11.6. The van der Waals surface area contributed by atoms with Gasteiger partial charge in [0.25, 0.3) is 0 Å². The molecule has 1 rings (SSSR count). The van der Waals surface area contributed by atoms with Crippen molar-refractivity contribution in [1.29, 1.82) is 0 Å². The first-order valence-electron chi connectivity index (χ1n) is 6.24. The second kappa shape index (κ2) is 7.66. The molecule has 0 spiro atoms. The molecule has 0 bridgehead atoms. The minimum Gasteiger partial charge on any atom is -0.373 e. The zero-order valence-corrected chi connectivity index (χ0v) is 11.4. The Morgan fingerprint density at radius 3 is 2.94 bits per heavy atom. The van der Waals surface area contributed by atoms with Gasteiger partial charge >= 0.3 is 0 Å². The fourth-order valence-electron chi connectivity index (χ4n) is 1.70. The molecule has 0 aliphatic carbocycles. The molecule has 0 fully saturated rings. The number of hydrogen-bond acceptors (Lipinski definition) is 4. The Kier molecular flexibility index (Phi) is 6.14. The van der Waals surface area contributed by atoms with E-state index in [2.05, 4.69) is 15.6 Å². The number of anilines is 1. The van der Waals surface area contributed by atoms with Gasteiger partial charge in [-0.3, -0.25) is 9.69 Å². The van der Waals surface area contributed by atoms with E-state index in [1.165, 1.54) is 0 Å². The lowest BCUT2D eigenvalue weighted by Crippen LogP contribution is -2.35. The number of likely N-dealkylation sites (N-methyl/N-ethyl adjacent to an activating group) is 1. The van der Waals surface area contributed by atoms with Gasteiger partial charge in [0.1, 0.15) is 5.82 Å². The molecule has 0 radical (unpaired) electrons. The second-order valence-electron chi connectivity index (χ2n) is 4.28. The highest BCUT2D eigenvalue weighted by molar-refractivity contribution is 5.77. The molecule has 0 atom stereocenters. The van der Waals surface area contributed by atoms with Gasteiger partial charge in [-0.1, -0.05) is 13.0 Å². The van der Waals surface area contributed by atoms with Crippen molar-refractivity contribution in [2.45, 2.75) is 19.9 Å². The zero-order valence-electron chi connectivity index (χ0n) is 11.4. The van der Waals surface area contributed by atoms with Crippen LogP contribution >= 0.6 is 0 Å².